The Labute approximate surface area is 110 Å². The van der Waals surface area contributed by atoms with E-state index in [0.717, 1.165) is 11.1 Å². The fourth-order valence-electron chi connectivity index (χ4n) is 1.75. The van der Waals surface area contributed by atoms with E-state index in [2.05, 4.69) is 5.32 Å². The summed E-state index contributed by atoms with van der Waals surface area (Å²) >= 11 is 0. The Morgan fingerprint density at radius 3 is 2.68 bits per heavy atom. The number of benzene rings is 1. The van der Waals surface area contributed by atoms with E-state index in [4.69, 9.17) is 14.6 Å². The number of aliphatic hydroxyl groups excluding tert-OH is 1. The van der Waals surface area contributed by atoms with Gasteiger partial charge >= 0.3 is 5.97 Å². The van der Waals surface area contributed by atoms with Crippen molar-refractivity contribution in [3.63, 3.8) is 0 Å². The van der Waals surface area contributed by atoms with E-state index >= 15 is 0 Å². The molecular weight excluding hydrogens is 246 g/mol. The smallest absolute Gasteiger partial charge is 0.338 e. The molecule has 100 valence electrons. The molecule has 5 nitrogen and oxygen atoms in total. The highest BCUT2D eigenvalue weighted by Crippen LogP contribution is 2.09. The number of carboxylic acid groups (broad SMARTS) is 1. The van der Waals surface area contributed by atoms with E-state index in [0.29, 0.717) is 18.8 Å². The summed E-state index contributed by atoms with van der Waals surface area (Å²) in [4.78, 5) is 10.7. The third-order valence-corrected chi connectivity index (χ3v) is 2.70. The van der Waals surface area contributed by atoms with Gasteiger partial charge < -0.3 is 19.9 Å². The monoisotopic (exact) mass is 261 g/mol. The fourth-order valence-corrected chi connectivity index (χ4v) is 1.75. The molecule has 0 saturated carbocycles. The van der Waals surface area contributed by atoms with Crippen molar-refractivity contribution in [2.45, 2.75) is 19.7 Å². The predicted octanol–water partition coefficient (Wildman–Crippen LogP) is 1.76. The highest BCUT2D eigenvalue weighted by Gasteiger charge is 2.07. The molecule has 0 radical (unpaired) electrons. The van der Waals surface area contributed by atoms with Crippen LogP contribution in [0, 0.1) is 0 Å². The van der Waals surface area contributed by atoms with E-state index in [9.17, 15) is 4.79 Å². The number of aromatic carboxylic acids is 1. The third kappa shape index (κ3) is 3.67. The maximum absolute atomic E-state index is 10.7. The molecule has 0 spiro atoms. The van der Waals surface area contributed by atoms with Crippen molar-refractivity contribution in [3.8, 4) is 0 Å². The fraction of sp³-hybridized carbons (Fsp3) is 0.214. The van der Waals surface area contributed by atoms with Crippen LogP contribution in [0.3, 0.4) is 0 Å². The summed E-state index contributed by atoms with van der Waals surface area (Å²) in [6, 6.07) is 9.11. The number of hydrogen-bond acceptors (Lipinski definition) is 4. The molecule has 0 atom stereocenters. The van der Waals surface area contributed by atoms with Gasteiger partial charge in [-0.3, -0.25) is 0 Å². The molecule has 19 heavy (non-hydrogen) atoms. The van der Waals surface area contributed by atoms with Gasteiger partial charge in [0.15, 0.2) is 0 Å². The summed E-state index contributed by atoms with van der Waals surface area (Å²) in [7, 11) is 0. The van der Waals surface area contributed by atoms with Crippen molar-refractivity contribution in [1.29, 1.82) is 0 Å². The summed E-state index contributed by atoms with van der Waals surface area (Å²) in [5.41, 5.74) is 2.07. The number of rotatable bonds is 6. The SMILES string of the molecule is O=C(O)c1coc(CNCc2cccc(CO)c2)c1. The number of carbonyl (C=O) groups is 1. The minimum Gasteiger partial charge on any atom is -0.478 e. The molecule has 1 heterocycles. The van der Waals surface area contributed by atoms with Gasteiger partial charge in [0.2, 0.25) is 0 Å². The zero-order chi connectivity index (χ0) is 13.7. The van der Waals surface area contributed by atoms with Gasteiger partial charge in [0.05, 0.1) is 18.7 Å². The van der Waals surface area contributed by atoms with Crippen LogP contribution in [-0.2, 0) is 19.7 Å². The van der Waals surface area contributed by atoms with E-state index in [1.54, 1.807) is 0 Å². The van der Waals surface area contributed by atoms with Crippen LogP contribution in [0.25, 0.3) is 0 Å². The van der Waals surface area contributed by atoms with E-state index in [1.807, 2.05) is 24.3 Å². The standard InChI is InChI=1S/C14H15NO4/c16-8-11-3-1-2-10(4-11)6-15-7-13-5-12(9-19-13)14(17)18/h1-5,9,15-16H,6-8H2,(H,17,18). The lowest BCUT2D eigenvalue weighted by Gasteiger charge is -2.04. The normalized spacial score (nSPS) is 10.6. The van der Waals surface area contributed by atoms with Gasteiger partial charge in [-0.05, 0) is 17.2 Å². The molecule has 2 rings (SSSR count). The van der Waals surface area contributed by atoms with Crippen LogP contribution in [0.4, 0.5) is 0 Å². The number of carboxylic acids is 1. The van der Waals surface area contributed by atoms with E-state index < -0.39 is 5.97 Å². The summed E-state index contributed by atoms with van der Waals surface area (Å²) in [5.74, 6) is -0.415. The van der Waals surface area contributed by atoms with Gasteiger partial charge in [0.25, 0.3) is 0 Å². The highest BCUT2D eigenvalue weighted by atomic mass is 16.4. The van der Waals surface area contributed by atoms with Crippen LogP contribution in [0.2, 0.25) is 0 Å². The second-order valence-corrected chi connectivity index (χ2v) is 4.19. The molecule has 0 saturated heterocycles. The van der Waals surface area contributed by atoms with Gasteiger partial charge in [-0.1, -0.05) is 24.3 Å². The third-order valence-electron chi connectivity index (χ3n) is 2.70. The van der Waals surface area contributed by atoms with Crippen LogP contribution in [0.15, 0.2) is 41.0 Å². The second kappa shape index (κ2) is 6.17. The van der Waals surface area contributed by atoms with Gasteiger partial charge in [0, 0.05) is 6.54 Å². The first-order chi connectivity index (χ1) is 9.19. The molecule has 0 bridgehead atoms. The Morgan fingerprint density at radius 1 is 1.21 bits per heavy atom. The predicted molar refractivity (Wildman–Crippen MR) is 68.6 cm³/mol. The number of aliphatic hydroxyl groups is 1. The molecule has 0 amide bonds. The number of nitrogens with one attached hydrogen (secondary N) is 1. The minimum atomic E-state index is -0.995. The van der Waals surface area contributed by atoms with Crippen molar-refractivity contribution >= 4 is 5.97 Å². The van der Waals surface area contributed by atoms with E-state index in [-0.39, 0.29) is 12.2 Å². The van der Waals surface area contributed by atoms with Crippen LogP contribution in [0.1, 0.15) is 27.2 Å². The molecule has 3 N–H and O–H groups in total. The summed E-state index contributed by atoms with van der Waals surface area (Å²) in [6.07, 6.45) is 1.23. The molecule has 0 unspecified atom stereocenters. The molecule has 2 aromatic rings. The van der Waals surface area contributed by atoms with Crippen LogP contribution in [-0.4, -0.2) is 16.2 Å². The average molecular weight is 261 g/mol. The Hall–Kier alpha value is -2.11. The lowest BCUT2D eigenvalue weighted by Crippen LogP contribution is -2.12. The van der Waals surface area contributed by atoms with E-state index in [1.165, 1.54) is 12.3 Å². The maximum atomic E-state index is 10.7. The zero-order valence-electron chi connectivity index (χ0n) is 10.3. The topological polar surface area (TPSA) is 82.7 Å². The van der Waals surface area contributed by atoms with Crippen molar-refractivity contribution in [1.82, 2.24) is 5.32 Å². The summed E-state index contributed by atoms with van der Waals surface area (Å²) in [5, 5.41) is 20.9. The van der Waals surface area contributed by atoms with Gasteiger partial charge in [0.1, 0.15) is 12.0 Å². The first-order valence-corrected chi connectivity index (χ1v) is 5.89. The van der Waals surface area contributed by atoms with Crippen LogP contribution >= 0.6 is 0 Å². The number of furan rings is 1. The molecule has 1 aromatic heterocycles. The molecule has 0 aliphatic heterocycles. The zero-order valence-corrected chi connectivity index (χ0v) is 10.3. The van der Waals surface area contributed by atoms with Crippen molar-refractivity contribution in [2.75, 3.05) is 0 Å². The molecule has 5 heteroatoms. The van der Waals surface area contributed by atoms with Crippen molar-refractivity contribution < 1.29 is 19.4 Å². The van der Waals surface area contributed by atoms with Gasteiger partial charge in [-0.2, -0.15) is 0 Å². The molecule has 0 aliphatic rings. The van der Waals surface area contributed by atoms with Crippen molar-refractivity contribution in [3.05, 3.63) is 59.0 Å². The van der Waals surface area contributed by atoms with Gasteiger partial charge in [-0.25, -0.2) is 4.79 Å². The molecular formula is C14H15NO4. The average Bonchev–Trinajstić information content (AvgIpc) is 2.88. The lowest BCUT2D eigenvalue weighted by atomic mass is 10.1. The lowest BCUT2D eigenvalue weighted by molar-refractivity contribution is 0.0696. The molecule has 0 aliphatic carbocycles. The Kier molecular flexibility index (Phi) is 4.33. The second-order valence-electron chi connectivity index (χ2n) is 4.19. The summed E-state index contributed by atoms with van der Waals surface area (Å²) < 4.78 is 5.13. The highest BCUT2D eigenvalue weighted by molar-refractivity contribution is 5.87. The largest absolute Gasteiger partial charge is 0.478 e. The first kappa shape index (κ1) is 13.3. The Bertz CT molecular complexity index is 562. The van der Waals surface area contributed by atoms with Crippen molar-refractivity contribution in [2.24, 2.45) is 0 Å². The Morgan fingerprint density at radius 2 is 2.00 bits per heavy atom. The molecule has 1 aromatic carbocycles. The Balaban J connectivity index is 1.86. The van der Waals surface area contributed by atoms with Crippen LogP contribution < -0.4 is 5.32 Å². The molecule has 0 fully saturated rings. The summed E-state index contributed by atoms with van der Waals surface area (Å²) in [6.45, 7) is 1.10. The first-order valence-electron chi connectivity index (χ1n) is 5.89. The number of hydrogen-bond donors (Lipinski definition) is 3. The quantitative estimate of drug-likeness (QED) is 0.738. The maximum Gasteiger partial charge on any atom is 0.338 e. The van der Waals surface area contributed by atoms with Gasteiger partial charge in [-0.15, -0.1) is 0 Å². The minimum absolute atomic E-state index is 0.0218. The van der Waals surface area contributed by atoms with Crippen LogP contribution in [0.5, 0.6) is 0 Å².